The number of hydrogen-bond donors (Lipinski definition) is 4. The smallest absolute Gasteiger partial charge is 0.330 e. The Bertz CT molecular complexity index is 591. The number of carboxylic acids is 1. The number of hydrogen-bond acceptors (Lipinski definition) is 5. The number of epoxide rings is 1. The Kier molecular flexibility index (Phi) is 6.57. The molecule has 6 heteroatoms. The van der Waals surface area contributed by atoms with Crippen LogP contribution in [0, 0.1) is 0 Å². The van der Waals surface area contributed by atoms with Gasteiger partial charge in [-0.05, 0) is 30.9 Å². The largest absolute Gasteiger partial charge is 0.478 e. The average molecular weight is 352 g/mol. The fraction of sp³-hybridized carbons (Fsp3) is 0.632. The molecule has 1 aliphatic heterocycles. The summed E-state index contributed by atoms with van der Waals surface area (Å²) in [6.07, 6.45) is 6.89. The molecule has 1 saturated heterocycles. The van der Waals surface area contributed by atoms with E-state index in [4.69, 9.17) is 9.84 Å². The summed E-state index contributed by atoms with van der Waals surface area (Å²) < 4.78 is 5.60. The van der Waals surface area contributed by atoms with Crippen molar-refractivity contribution in [2.24, 2.45) is 0 Å². The molecular formula is C19H28O6. The number of ether oxygens (including phenoxy) is 1. The Hall–Kier alpha value is -1.47. The number of aliphatic hydroxyl groups is 3. The van der Waals surface area contributed by atoms with Gasteiger partial charge in [0, 0.05) is 12.0 Å². The fourth-order valence-electron chi connectivity index (χ4n) is 3.33. The Morgan fingerprint density at radius 2 is 2.04 bits per heavy atom. The van der Waals surface area contributed by atoms with Crippen LogP contribution in [0.5, 0.6) is 0 Å². The molecule has 0 bridgehead atoms. The van der Waals surface area contributed by atoms with Crippen LogP contribution in [-0.2, 0) is 9.53 Å². The van der Waals surface area contributed by atoms with E-state index in [-0.39, 0.29) is 18.6 Å². The first-order valence-electron chi connectivity index (χ1n) is 8.83. The number of aliphatic hydroxyl groups excluding tert-OH is 3. The lowest BCUT2D eigenvalue weighted by Crippen LogP contribution is -2.43. The zero-order valence-electron chi connectivity index (χ0n) is 14.8. The molecule has 2 aliphatic rings. The SMILES string of the molecule is CCCCC/C=C/C1=C(CO)[C@H](O)[C@@H]2O[C@@]2(C/C=C(\C)C(=O)O)[C@H]1O. The van der Waals surface area contributed by atoms with Crippen molar-refractivity contribution in [2.45, 2.75) is 69.9 Å². The number of fused-ring (bicyclic) bond motifs is 1. The standard InChI is InChI=1S/C19H28O6/c1-3-4-5-6-7-8-13-14(11-20)15(21)17-19(25-17,16(13)22)10-9-12(2)18(23)24/h7-9,15-17,20-22H,3-6,10-11H2,1-2H3,(H,23,24)/b8-7+,12-9+/t15-,16-,17-,19-/m0/s1. The van der Waals surface area contributed by atoms with Gasteiger partial charge in [0.2, 0.25) is 0 Å². The molecule has 6 nitrogen and oxygen atoms in total. The third-order valence-electron chi connectivity index (χ3n) is 5.05. The molecule has 1 heterocycles. The van der Waals surface area contributed by atoms with Crippen molar-refractivity contribution in [1.82, 2.24) is 0 Å². The van der Waals surface area contributed by atoms with Crippen LogP contribution in [0.4, 0.5) is 0 Å². The van der Waals surface area contributed by atoms with Crippen LogP contribution in [0.25, 0.3) is 0 Å². The van der Waals surface area contributed by atoms with Crippen molar-refractivity contribution < 1.29 is 30.0 Å². The van der Waals surface area contributed by atoms with Crippen LogP contribution >= 0.6 is 0 Å². The molecule has 0 spiro atoms. The number of carbonyl (C=O) groups is 1. The van der Waals surface area contributed by atoms with E-state index in [0.717, 1.165) is 25.7 Å². The van der Waals surface area contributed by atoms with E-state index in [9.17, 15) is 20.1 Å². The van der Waals surface area contributed by atoms with Gasteiger partial charge in [-0.3, -0.25) is 0 Å². The van der Waals surface area contributed by atoms with E-state index < -0.39 is 29.9 Å². The van der Waals surface area contributed by atoms with Gasteiger partial charge in [-0.25, -0.2) is 4.79 Å². The maximum absolute atomic E-state index is 11.0. The lowest BCUT2D eigenvalue weighted by atomic mass is 9.77. The van der Waals surface area contributed by atoms with Crippen LogP contribution in [0.15, 0.2) is 34.9 Å². The van der Waals surface area contributed by atoms with E-state index in [1.807, 2.05) is 6.08 Å². The van der Waals surface area contributed by atoms with Gasteiger partial charge in [0.05, 0.1) is 6.61 Å². The molecule has 4 atom stereocenters. The molecule has 0 aromatic rings. The van der Waals surface area contributed by atoms with Crippen LogP contribution in [-0.4, -0.2) is 56.9 Å². The molecule has 0 unspecified atom stereocenters. The third kappa shape index (κ3) is 4.03. The maximum Gasteiger partial charge on any atom is 0.330 e. The highest BCUT2D eigenvalue weighted by molar-refractivity contribution is 5.85. The minimum absolute atomic E-state index is 0.166. The van der Waals surface area contributed by atoms with E-state index in [0.29, 0.717) is 11.1 Å². The molecular weight excluding hydrogens is 324 g/mol. The van der Waals surface area contributed by atoms with Crippen molar-refractivity contribution >= 4 is 5.97 Å². The quantitative estimate of drug-likeness (QED) is 0.286. The molecule has 4 N–H and O–H groups in total. The number of allylic oxidation sites excluding steroid dienone is 1. The van der Waals surface area contributed by atoms with Gasteiger partial charge < -0.3 is 25.2 Å². The van der Waals surface area contributed by atoms with E-state index in [1.165, 1.54) is 13.0 Å². The Balaban J connectivity index is 2.19. The van der Waals surface area contributed by atoms with Crippen LogP contribution in [0.3, 0.4) is 0 Å². The molecule has 0 aromatic carbocycles. The summed E-state index contributed by atoms with van der Waals surface area (Å²) >= 11 is 0. The predicted molar refractivity (Wildman–Crippen MR) is 93.0 cm³/mol. The van der Waals surface area contributed by atoms with Gasteiger partial charge in [-0.2, -0.15) is 0 Å². The van der Waals surface area contributed by atoms with Gasteiger partial charge in [0.15, 0.2) is 0 Å². The second kappa shape index (κ2) is 8.27. The van der Waals surface area contributed by atoms with Crippen molar-refractivity contribution in [1.29, 1.82) is 0 Å². The Morgan fingerprint density at radius 1 is 1.32 bits per heavy atom. The normalized spacial score (nSPS) is 32.2. The Morgan fingerprint density at radius 3 is 2.64 bits per heavy atom. The highest BCUT2D eigenvalue weighted by Gasteiger charge is 2.67. The predicted octanol–water partition coefficient (Wildman–Crippen LogP) is 1.71. The minimum Gasteiger partial charge on any atom is -0.478 e. The number of carboxylic acid groups (broad SMARTS) is 1. The summed E-state index contributed by atoms with van der Waals surface area (Å²) in [5.74, 6) is -1.03. The van der Waals surface area contributed by atoms with Crippen molar-refractivity contribution in [3.63, 3.8) is 0 Å². The van der Waals surface area contributed by atoms with Crippen molar-refractivity contribution in [2.75, 3.05) is 6.61 Å². The highest BCUT2D eigenvalue weighted by atomic mass is 16.6. The first kappa shape index (κ1) is 19.8. The average Bonchev–Trinajstić information content (AvgIpc) is 3.33. The minimum atomic E-state index is -1.03. The fourth-order valence-corrected chi connectivity index (χ4v) is 3.33. The summed E-state index contributed by atoms with van der Waals surface area (Å²) in [4.78, 5) is 11.0. The molecule has 0 aromatic heterocycles. The van der Waals surface area contributed by atoms with Gasteiger partial charge in [0.1, 0.15) is 23.9 Å². The number of rotatable bonds is 9. The van der Waals surface area contributed by atoms with Crippen molar-refractivity contribution in [3.8, 4) is 0 Å². The number of aliphatic carboxylic acids is 1. The molecule has 0 radical (unpaired) electrons. The molecule has 1 aliphatic carbocycles. The van der Waals surface area contributed by atoms with Gasteiger partial charge in [-0.1, -0.05) is 38.0 Å². The number of unbranched alkanes of at least 4 members (excludes halogenated alkanes) is 3. The summed E-state index contributed by atoms with van der Waals surface area (Å²) in [5, 5.41) is 39.8. The zero-order valence-corrected chi connectivity index (χ0v) is 14.8. The van der Waals surface area contributed by atoms with Crippen LogP contribution in [0.2, 0.25) is 0 Å². The Labute approximate surface area is 148 Å². The summed E-state index contributed by atoms with van der Waals surface area (Å²) in [6, 6.07) is 0. The van der Waals surface area contributed by atoms with Gasteiger partial charge in [-0.15, -0.1) is 0 Å². The van der Waals surface area contributed by atoms with Crippen molar-refractivity contribution in [3.05, 3.63) is 34.9 Å². The zero-order chi connectivity index (χ0) is 18.6. The topological polar surface area (TPSA) is 111 Å². The molecule has 25 heavy (non-hydrogen) atoms. The summed E-state index contributed by atoms with van der Waals surface area (Å²) in [7, 11) is 0. The second-order valence-electron chi connectivity index (χ2n) is 6.77. The van der Waals surface area contributed by atoms with E-state index in [2.05, 4.69) is 6.92 Å². The summed E-state index contributed by atoms with van der Waals surface area (Å²) in [6.45, 7) is 3.25. The monoisotopic (exact) mass is 352 g/mol. The third-order valence-corrected chi connectivity index (χ3v) is 5.05. The second-order valence-corrected chi connectivity index (χ2v) is 6.77. The molecule has 2 rings (SSSR count). The first-order valence-corrected chi connectivity index (χ1v) is 8.83. The molecule has 0 saturated carbocycles. The maximum atomic E-state index is 11.0. The van der Waals surface area contributed by atoms with Gasteiger partial charge in [0.25, 0.3) is 0 Å². The van der Waals surface area contributed by atoms with Crippen LogP contribution in [0.1, 0.15) is 46.0 Å². The lowest BCUT2D eigenvalue weighted by molar-refractivity contribution is -0.132. The molecule has 0 amide bonds. The van der Waals surface area contributed by atoms with Gasteiger partial charge >= 0.3 is 5.97 Å². The molecule has 1 fully saturated rings. The van der Waals surface area contributed by atoms with E-state index >= 15 is 0 Å². The lowest BCUT2D eigenvalue weighted by Gasteiger charge is -2.29. The highest BCUT2D eigenvalue weighted by Crippen LogP contribution is 2.52. The molecule has 140 valence electrons. The van der Waals surface area contributed by atoms with Crippen LogP contribution < -0.4 is 0 Å². The summed E-state index contributed by atoms with van der Waals surface area (Å²) in [5.41, 5.74) is -0.00502. The van der Waals surface area contributed by atoms with E-state index in [1.54, 1.807) is 6.08 Å². The first-order chi connectivity index (χ1) is 11.9.